The summed E-state index contributed by atoms with van der Waals surface area (Å²) in [6.45, 7) is 12.7. The third-order valence-electron chi connectivity index (χ3n) is 10.4. The quantitative estimate of drug-likeness (QED) is 0.120. The van der Waals surface area contributed by atoms with Gasteiger partial charge in [0.05, 0.1) is 11.1 Å². The van der Waals surface area contributed by atoms with Gasteiger partial charge in [-0.05, 0) is 115 Å². The molecular formula is C44H52N10O5S2. The normalized spacial score (nSPS) is 19.2. The molecule has 0 unspecified atom stereocenters. The molecule has 4 N–H and O–H groups in total. The van der Waals surface area contributed by atoms with E-state index >= 15 is 0 Å². The van der Waals surface area contributed by atoms with E-state index in [1.807, 2.05) is 29.2 Å². The zero-order valence-electron chi connectivity index (χ0n) is 35.1. The highest BCUT2D eigenvalue weighted by Crippen LogP contribution is 2.33. The topological polar surface area (TPSA) is 213 Å². The maximum absolute atomic E-state index is 13.5. The van der Waals surface area contributed by atoms with Crippen molar-refractivity contribution >= 4 is 34.9 Å². The van der Waals surface area contributed by atoms with E-state index in [0.29, 0.717) is 57.1 Å². The molecular weight excluding hydrogens is 813 g/mol. The summed E-state index contributed by atoms with van der Waals surface area (Å²) in [7, 11) is 0. The van der Waals surface area contributed by atoms with Crippen molar-refractivity contribution in [1.29, 1.82) is 0 Å². The van der Waals surface area contributed by atoms with Crippen LogP contribution in [-0.2, 0) is 11.2 Å². The van der Waals surface area contributed by atoms with Gasteiger partial charge in [-0.1, -0.05) is 36.4 Å². The average molecular weight is 865 g/mol. The third-order valence-corrected chi connectivity index (χ3v) is 12.5. The summed E-state index contributed by atoms with van der Waals surface area (Å²) in [6, 6.07) is 18.3. The van der Waals surface area contributed by atoms with Crippen molar-refractivity contribution in [2.24, 2.45) is 0 Å². The lowest BCUT2D eigenvalue weighted by Crippen LogP contribution is -2.45. The second kappa shape index (κ2) is 19.9. The molecule has 0 saturated carbocycles. The smallest absolute Gasteiger partial charge is 0.336 e. The minimum absolute atomic E-state index is 0.0341. The summed E-state index contributed by atoms with van der Waals surface area (Å²) in [6.07, 6.45) is 10.6. The van der Waals surface area contributed by atoms with Crippen LogP contribution in [0.5, 0.6) is 0 Å². The minimum atomic E-state index is -1.01. The number of hydrogen-bond acceptors (Lipinski definition) is 15. The molecule has 0 radical (unpaired) electrons. The van der Waals surface area contributed by atoms with Gasteiger partial charge in [0.1, 0.15) is 32.9 Å². The molecule has 61 heavy (non-hydrogen) atoms. The Morgan fingerprint density at radius 3 is 1.62 bits per heavy atom. The Balaban J connectivity index is 0.000000169. The number of carbonyl (C=O) groups is 2. The predicted molar refractivity (Wildman–Crippen MR) is 234 cm³/mol. The molecule has 2 aliphatic heterocycles. The van der Waals surface area contributed by atoms with E-state index in [-0.39, 0.29) is 23.4 Å². The van der Waals surface area contributed by atoms with E-state index in [0.717, 1.165) is 37.2 Å². The molecule has 2 saturated heterocycles. The fraction of sp³-hybridized carbons (Fsp3) is 0.409. The van der Waals surface area contributed by atoms with Gasteiger partial charge in [0.25, 0.3) is 5.91 Å². The molecule has 4 atom stereocenters. The van der Waals surface area contributed by atoms with Crippen molar-refractivity contribution < 1.29 is 24.9 Å². The molecule has 0 aliphatic carbocycles. The number of aromatic carboxylic acids is 1. The fourth-order valence-electron chi connectivity index (χ4n) is 6.88. The number of hydrogen-bond donors (Lipinski definition) is 4. The van der Waals surface area contributed by atoms with Crippen molar-refractivity contribution in [2.75, 3.05) is 13.1 Å². The predicted octanol–water partition coefficient (Wildman–Crippen LogP) is 7.09. The van der Waals surface area contributed by atoms with E-state index in [9.17, 15) is 19.8 Å². The van der Waals surface area contributed by atoms with E-state index in [1.165, 1.54) is 35.6 Å². The van der Waals surface area contributed by atoms with Gasteiger partial charge < -0.3 is 25.5 Å². The molecule has 320 valence electrons. The Morgan fingerprint density at radius 1 is 0.672 bits per heavy atom. The van der Waals surface area contributed by atoms with Gasteiger partial charge in [-0.15, -0.1) is 0 Å². The molecule has 0 bridgehead atoms. The van der Waals surface area contributed by atoms with Gasteiger partial charge in [-0.2, -0.15) is 8.75 Å². The summed E-state index contributed by atoms with van der Waals surface area (Å²) in [4.78, 5) is 52.1. The summed E-state index contributed by atoms with van der Waals surface area (Å²) in [5, 5.41) is 33.8. The Kier molecular flexibility index (Phi) is 14.7. The summed E-state index contributed by atoms with van der Waals surface area (Å²) >= 11 is 2.54. The minimum Gasteiger partial charge on any atom is -0.478 e. The molecule has 8 rings (SSSR count). The van der Waals surface area contributed by atoms with Crippen LogP contribution in [0.4, 0.5) is 0 Å². The van der Waals surface area contributed by atoms with Crippen LogP contribution < -0.4 is 5.32 Å². The Hall–Kier alpha value is -5.46. The van der Waals surface area contributed by atoms with Crippen molar-refractivity contribution in [3.05, 3.63) is 118 Å². The van der Waals surface area contributed by atoms with Gasteiger partial charge >= 0.3 is 5.97 Å². The fourth-order valence-corrected chi connectivity index (χ4v) is 8.33. The van der Waals surface area contributed by atoms with Gasteiger partial charge in [0.15, 0.2) is 11.6 Å². The Morgan fingerprint density at radius 2 is 1.15 bits per heavy atom. The van der Waals surface area contributed by atoms with Crippen LogP contribution in [0.1, 0.15) is 121 Å². The number of aromatic nitrogens is 8. The lowest BCUT2D eigenvalue weighted by Gasteiger charge is -2.37. The Bertz CT molecular complexity index is 2360. The summed E-state index contributed by atoms with van der Waals surface area (Å²) in [5.74, 6) is 2.02. The number of amides is 1. The third kappa shape index (κ3) is 11.7. The maximum Gasteiger partial charge on any atom is 0.336 e. The maximum atomic E-state index is 13.5. The highest BCUT2D eigenvalue weighted by molar-refractivity contribution is 7.05. The number of likely N-dealkylation sites (tertiary alicyclic amines) is 1. The molecule has 6 aromatic rings. The van der Waals surface area contributed by atoms with Crippen LogP contribution in [-0.4, -0.2) is 95.9 Å². The van der Waals surface area contributed by atoms with E-state index in [1.54, 1.807) is 82.8 Å². The lowest BCUT2D eigenvalue weighted by molar-refractivity contribution is 0.0602. The number of rotatable bonds is 8. The van der Waals surface area contributed by atoms with E-state index in [2.05, 4.69) is 57.8 Å². The first-order valence-electron chi connectivity index (χ1n) is 20.2. The molecule has 6 heterocycles. The molecule has 15 nitrogen and oxygen atoms in total. The number of benzene rings is 2. The number of carbonyl (C=O) groups excluding carboxylic acids is 1. The van der Waals surface area contributed by atoms with Crippen LogP contribution in [0.3, 0.4) is 0 Å². The SMILES string of the molecule is C[C@@H]1CC[C@@H](c2nsc(C(C)(C)O)n2)CN1.C[C@@H]1CC[C@@H](c2nsc(C(C)(C)O)n2)CN1C(=O)c1ccccc1-c1ncccn1.O=C(O)c1ccccc1-c1ncccn1. The molecule has 1 amide bonds. The van der Waals surface area contributed by atoms with Crippen molar-refractivity contribution in [1.82, 2.24) is 48.9 Å². The van der Waals surface area contributed by atoms with Crippen LogP contribution in [0.15, 0.2) is 85.5 Å². The second-order valence-electron chi connectivity index (χ2n) is 16.2. The zero-order chi connectivity index (χ0) is 43.7. The highest BCUT2D eigenvalue weighted by Gasteiger charge is 2.34. The van der Waals surface area contributed by atoms with E-state index < -0.39 is 17.2 Å². The number of aliphatic hydroxyl groups is 2. The van der Waals surface area contributed by atoms with Gasteiger partial charge in [0.2, 0.25) is 0 Å². The van der Waals surface area contributed by atoms with Gasteiger partial charge in [0, 0.05) is 72.9 Å². The van der Waals surface area contributed by atoms with Gasteiger partial charge in [-0.3, -0.25) is 4.79 Å². The second-order valence-corrected chi connectivity index (χ2v) is 17.7. The first-order valence-corrected chi connectivity index (χ1v) is 21.8. The highest BCUT2D eigenvalue weighted by atomic mass is 32.1. The van der Waals surface area contributed by atoms with Gasteiger partial charge in [-0.25, -0.2) is 34.7 Å². The van der Waals surface area contributed by atoms with E-state index in [4.69, 9.17) is 5.11 Å². The molecule has 0 spiro atoms. The number of piperidine rings is 2. The van der Waals surface area contributed by atoms with Crippen LogP contribution in [0.2, 0.25) is 0 Å². The summed E-state index contributed by atoms with van der Waals surface area (Å²) < 4.78 is 8.84. The molecule has 17 heteroatoms. The van der Waals surface area contributed by atoms with Crippen molar-refractivity contribution in [3.8, 4) is 22.8 Å². The summed E-state index contributed by atoms with van der Waals surface area (Å²) in [5.41, 5.74) is 0.190. The lowest BCUT2D eigenvalue weighted by atomic mass is 9.91. The first-order chi connectivity index (χ1) is 29.1. The Labute approximate surface area is 363 Å². The average Bonchev–Trinajstić information content (AvgIpc) is 3.98. The monoisotopic (exact) mass is 864 g/mol. The zero-order valence-corrected chi connectivity index (χ0v) is 36.8. The van der Waals surface area contributed by atoms with Crippen LogP contribution in [0.25, 0.3) is 22.8 Å². The standard InChI is InChI=1S/C22H25N5O2S.C11H19N3OS.C11H8N2O2/c1-14-9-10-15(18-25-21(30-26-18)22(2,3)29)13-27(14)20(28)17-8-5-4-7-16(17)19-23-11-6-12-24-19;1-7-4-5-8(6-12-7)9-13-10(16-14-9)11(2,3)15;14-11(15)9-5-2-1-4-8(9)10-12-6-3-7-13-10/h4-8,11-12,14-15,29H,9-10,13H2,1-3H3;7-8,12,15H,4-6H2,1-3H3;1-7H,(H,14,15)/t14-,15-;7-,8-;/m11./s1. The van der Waals surface area contributed by atoms with Crippen molar-refractivity contribution in [2.45, 2.75) is 102 Å². The molecule has 2 fully saturated rings. The molecule has 2 aliphatic rings. The number of carboxylic acids is 1. The van der Waals surface area contributed by atoms with Crippen molar-refractivity contribution in [3.63, 3.8) is 0 Å². The van der Waals surface area contributed by atoms with Crippen LogP contribution >= 0.6 is 23.1 Å². The number of nitrogens with one attached hydrogen (secondary N) is 1. The molecule has 2 aromatic carbocycles. The largest absolute Gasteiger partial charge is 0.478 e. The number of nitrogens with zero attached hydrogens (tertiary/aromatic N) is 9. The molecule has 4 aromatic heterocycles. The number of carboxylic acid groups (broad SMARTS) is 1. The first kappa shape index (κ1) is 45.1. The van der Waals surface area contributed by atoms with Crippen LogP contribution in [0, 0.1) is 0 Å².